The lowest BCUT2D eigenvalue weighted by molar-refractivity contribution is 0.343. The first-order valence-corrected chi connectivity index (χ1v) is 10.8. The predicted molar refractivity (Wildman–Crippen MR) is 114 cm³/mol. The highest BCUT2D eigenvalue weighted by atomic mass is 32.2. The Morgan fingerprint density at radius 3 is 2.70 bits per heavy atom. The van der Waals surface area contributed by atoms with Crippen molar-refractivity contribution in [3.8, 4) is 17.2 Å². The summed E-state index contributed by atoms with van der Waals surface area (Å²) in [5.74, 6) is 0. The first-order chi connectivity index (χ1) is 14.6. The van der Waals surface area contributed by atoms with Gasteiger partial charge in [0.2, 0.25) is 0 Å². The molecule has 0 radical (unpaired) electrons. The van der Waals surface area contributed by atoms with Crippen molar-refractivity contribution in [3.63, 3.8) is 0 Å². The van der Waals surface area contributed by atoms with E-state index < -0.39 is 0 Å². The minimum Gasteiger partial charge on any atom is -0.317 e. The van der Waals surface area contributed by atoms with Crippen LogP contribution in [-0.2, 0) is 7.05 Å². The zero-order valence-corrected chi connectivity index (χ0v) is 17.7. The number of nitrogens with one attached hydrogen (secondary N) is 1. The average Bonchev–Trinajstić information content (AvgIpc) is 3.47. The van der Waals surface area contributed by atoms with Gasteiger partial charge in [0.05, 0.1) is 40.2 Å². The van der Waals surface area contributed by atoms with E-state index in [0.29, 0.717) is 11.6 Å². The monoisotopic (exact) mass is 418 g/mol. The van der Waals surface area contributed by atoms with E-state index >= 15 is 0 Å². The van der Waals surface area contributed by atoms with Crippen LogP contribution in [0.2, 0.25) is 0 Å². The van der Waals surface area contributed by atoms with Gasteiger partial charge in [-0.05, 0) is 45.0 Å². The predicted octanol–water partition coefficient (Wildman–Crippen LogP) is 3.19. The molecule has 1 aliphatic rings. The van der Waals surface area contributed by atoms with Crippen LogP contribution < -0.4 is 5.32 Å². The van der Waals surface area contributed by atoms with Crippen molar-refractivity contribution in [3.05, 3.63) is 48.2 Å². The molecule has 1 aliphatic heterocycles. The normalized spacial score (nSPS) is 15.0. The molecule has 0 amide bonds. The summed E-state index contributed by atoms with van der Waals surface area (Å²) in [5.41, 5.74) is 4.41. The third-order valence-corrected chi connectivity index (χ3v) is 6.61. The Bertz CT molecular complexity index is 1250. The third kappa shape index (κ3) is 3.38. The summed E-state index contributed by atoms with van der Waals surface area (Å²) in [4.78, 5) is 0.971. The number of nitriles is 1. The molecule has 9 heteroatoms. The lowest BCUT2D eigenvalue weighted by Gasteiger charge is -2.22. The highest BCUT2D eigenvalue weighted by molar-refractivity contribution is 7.99. The molecule has 5 rings (SSSR count). The molecule has 30 heavy (non-hydrogen) atoms. The Morgan fingerprint density at radius 1 is 1.13 bits per heavy atom. The molecule has 0 atom stereocenters. The number of aryl methyl sites for hydroxylation is 2. The maximum atomic E-state index is 9.56. The maximum absolute atomic E-state index is 9.56. The number of hydrogen-bond donors (Lipinski definition) is 1. The van der Waals surface area contributed by atoms with Crippen molar-refractivity contribution in [2.75, 3.05) is 13.1 Å². The van der Waals surface area contributed by atoms with Crippen molar-refractivity contribution in [2.45, 2.75) is 35.7 Å². The number of rotatable bonds is 4. The van der Waals surface area contributed by atoms with Crippen LogP contribution in [0.25, 0.3) is 16.6 Å². The Kier molecular flexibility index (Phi) is 4.81. The molecule has 0 aliphatic carbocycles. The summed E-state index contributed by atoms with van der Waals surface area (Å²) in [7, 11) is 1.93. The molecule has 8 nitrogen and oxygen atoms in total. The van der Waals surface area contributed by atoms with Gasteiger partial charge in [0.1, 0.15) is 6.07 Å². The first-order valence-electron chi connectivity index (χ1n) is 9.97. The van der Waals surface area contributed by atoms with Gasteiger partial charge in [-0.2, -0.15) is 20.6 Å². The summed E-state index contributed by atoms with van der Waals surface area (Å²) in [6.07, 6.45) is 9.81. The molecule has 0 spiro atoms. The van der Waals surface area contributed by atoms with Crippen molar-refractivity contribution in [2.24, 2.45) is 7.05 Å². The topological polar surface area (TPSA) is 88.8 Å². The molecular weight excluding hydrogens is 396 g/mol. The smallest absolute Gasteiger partial charge is 0.103 e. The molecule has 1 fully saturated rings. The first kappa shape index (κ1) is 18.9. The highest BCUT2D eigenvalue weighted by Crippen LogP contribution is 2.36. The standard InChI is InChI=1S/C21H22N8S/c1-14-7-20(27(2)26-14)30-19-8-15(12-29-21(19)16(9-22)10-25-29)17-11-24-28(13-17)18-3-5-23-6-4-18/h7-8,10-13,18,23H,3-6H2,1-2H3. The molecule has 1 saturated heterocycles. The van der Waals surface area contributed by atoms with Crippen LogP contribution in [0.5, 0.6) is 0 Å². The molecule has 0 saturated carbocycles. The molecule has 152 valence electrons. The molecule has 0 unspecified atom stereocenters. The number of piperidine rings is 1. The fourth-order valence-electron chi connectivity index (χ4n) is 3.95. The van der Waals surface area contributed by atoms with Crippen LogP contribution in [0.3, 0.4) is 0 Å². The number of nitrogens with zero attached hydrogens (tertiary/aromatic N) is 7. The Labute approximate surface area is 178 Å². The van der Waals surface area contributed by atoms with Gasteiger partial charge in [0, 0.05) is 35.5 Å². The van der Waals surface area contributed by atoms with E-state index in [9.17, 15) is 5.26 Å². The number of aromatic nitrogens is 6. The Morgan fingerprint density at radius 2 is 1.97 bits per heavy atom. The van der Waals surface area contributed by atoms with Crippen LogP contribution in [0, 0.1) is 18.3 Å². The molecule has 0 bridgehead atoms. The summed E-state index contributed by atoms with van der Waals surface area (Å²) < 4.78 is 5.74. The zero-order valence-electron chi connectivity index (χ0n) is 16.9. The zero-order chi connectivity index (χ0) is 20.7. The van der Waals surface area contributed by atoms with Crippen molar-refractivity contribution >= 4 is 17.3 Å². The van der Waals surface area contributed by atoms with Gasteiger partial charge in [-0.3, -0.25) is 9.36 Å². The van der Waals surface area contributed by atoms with Gasteiger partial charge >= 0.3 is 0 Å². The molecule has 5 heterocycles. The van der Waals surface area contributed by atoms with Gasteiger partial charge in [0.15, 0.2) is 0 Å². The minimum atomic E-state index is 0.435. The number of hydrogen-bond acceptors (Lipinski definition) is 6. The van der Waals surface area contributed by atoms with Crippen molar-refractivity contribution in [1.29, 1.82) is 5.26 Å². The molecule has 1 N–H and O–H groups in total. The quantitative estimate of drug-likeness (QED) is 0.548. The second kappa shape index (κ2) is 7.63. The summed E-state index contributed by atoms with van der Waals surface area (Å²) in [5, 5.41) is 27.5. The lowest BCUT2D eigenvalue weighted by atomic mass is 10.1. The van der Waals surface area contributed by atoms with Crippen LogP contribution in [-0.4, -0.2) is 42.3 Å². The van der Waals surface area contributed by atoms with Gasteiger partial charge < -0.3 is 5.32 Å². The third-order valence-electron chi connectivity index (χ3n) is 5.49. The Hall–Kier alpha value is -3.09. The van der Waals surface area contributed by atoms with E-state index in [4.69, 9.17) is 0 Å². The van der Waals surface area contributed by atoms with E-state index in [2.05, 4.69) is 43.6 Å². The van der Waals surface area contributed by atoms with Crippen molar-refractivity contribution in [1.82, 2.24) is 34.5 Å². The van der Waals surface area contributed by atoms with Crippen molar-refractivity contribution < 1.29 is 0 Å². The van der Waals surface area contributed by atoms with E-state index in [-0.39, 0.29) is 0 Å². The van der Waals surface area contributed by atoms with E-state index in [1.807, 2.05) is 37.1 Å². The summed E-state index contributed by atoms with van der Waals surface area (Å²) in [6.45, 7) is 4.03. The van der Waals surface area contributed by atoms with Crippen LogP contribution in [0.15, 0.2) is 46.8 Å². The largest absolute Gasteiger partial charge is 0.317 e. The Balaban J connectivity index is 1.57. The molecule has 4 aromatic heterocycles. The van der Waals surface area contributed by atoms with Gasteiger partial charge in [-0.15, -0.1) is 0 Å². The fourth-order valence-corrected chi connectivity index (χ4v) is 5.07. The second-order valence-corrected chi connectivity index (χ2v) is 8.66. The van der Waals surface area contributed by atoms with Gasteiger partial charge in [0.25, 0.3) is 0 Å². The van der Waals surface area contributed by atoms with Crippen LogP contribution in [0.4, 0.5) is 0 Å². The average molecular weight is 419 g/mol. The number of fused-ring (bicyclic) bond motifs is 1. The second-order valence-electron chi connectivity index (χ2n) is 7.60. The van der Waals surface area contributed by atoms with E-state index in [0.717, 1.165) is 58.2 Å². The number of pyridine rings is 1. The van der Waals surface area contributed by atoms with Crippen LogP contribution in [0.1, 0.15) is 30.1 Å². The highest BCUT2D eigenvalue weighted by Gasteiger charge is 2.18. The van der Waals surface area contributed by atoms with E-state index in [1.54, 1.807) is 22.5 Å². The SMILES string of the molecule is Cc1cc(Sc2cc(-c3cnn(C4CCNCC4)c3)cn3ncc(C#N)c23)n(C)n1. The fraction of sp³-hybridized carbons (Fsp3) is 0.333. The lowest BCUT2D eigenvalue weighted by Crippen LogP contribution is -2.29. The van der Waals surface area contributed by atoms with E-state index in [1.165, 1.54) is 0 Å². The summed E-state index contributed by atoms with van der Waals surface area (Å²) in [6, 6.07) is 6.86. The molecular formula is C21H22N8S. The van der Waals surface area contributed by atoms with Gasteiger partial charge in [-0.25, -0.2) is 4.52 Å². The molecule has 0 aromatic carbocycles. The molecule has 4 aromatic rings. The minimum absolute atomic E-state index is 0.435. The maximum Gasteiger partial charge on any atom is 0.103 e. The van der Waals surface area contributed by atoms with Gasteiger partial charge in [-0.1, -0.05) is 11.8 Å². The van der Waals surface area contributed by atoms with Crippen LogP contribution >= 0.6 is 11.8 Å². The summed E-state index contributed by atoms with van der Waals surface area (Å²) >= 11 is 1.60.